The van der Waals surface area contributed by atoms with Gasteiger partial charge in [0.1, 0.15) is 5.82 Å². The van der Waals surface area contributed by atoms with Crippen molar-refractivity contribution >= 4 is 17.4 Å². The van der Waals surface area contributed by atoms with Gasteiger partial charge in [0.15, 0.2) is 5.65 Å². The van der Waals surface area contributed by atoms with E-state index in [0.717, 1.165) is 16.8 Å². The number of nitrogens with two attached hydrogens (primary N) is 1. The predicted octanol–water partition coefficient (Wildman–Crippen LogP) is 0.955. The molecule has 4 N–H and O–H groups in total. The molecule has 92 valence electrons. The Kier molecular flexibility index (Phi) is 2.36. The number of hydrogen-bond acceptors (Lipinski definition) is 5. The number of aromatic nitrogens is 5. The van der Waals surface area contributed by atoms with Gasteiger partial charge >= 0.3 is 0 Å². The van der Waals surface area contributed by atoms with Crippen molar-refractivity contribution in [2.24, 2.45) is 0 Å². The van der Waals surface area contributed by atoms with Crippen LogP contribution in [0.1, 0.15) is 11.1 Å². The fraction of sp³-hybridized carbons (Fsp3) is 0.182. The average molecular weight is 243 g/mol. The number of anilines is 2. The molecular weight excluding hydrogens is 230 g/mol. The molecule has 7 nitrogen and oxygen atoms in total. The van der Waals surface area contributed by atoms with Crippen LogP contribution in [-0.4, -0.2) is 24.8 Å². The number of nitrogen functional groups attached to an aromatic ring is 1. The van der Waals surface area contributed by atoms with E-state index in [1.807, 2.05) is 25.3 Å². The minimum atomic E-state index is 0.540. The molecular formula is C11H13N7. The summed E-state index contributed by atoms with van der Waals surface area (Å²) < 4.78 is 1.75. The summed E-state index contributed by atoms with van der Waals surface area (Å²) in [5.41, 5.74) is 8.53. The first-order chi connectivity index (χ1) is 8.72. The molecule has 0 radical (unpaired) electrons. The number of pyridine rings is 1. The lowest BCUT2D eigenvalue weighted by atomic mass is 10.3. The molecule has 18 heavy (non-hydrogen) atoms. The van der Waals surface area contributed by atoms with Gasteiger partial charge < -0.3 is 11.1 Å². The highest BCUT2D eigenvalue weighted by molar-refractivity contribution is 5.45. The normalized spacial score (nSPS) is 10.9. The molecule has 0 bridgehead atoms. The maximum Gasteiger partial charge on any atom is 0.243 e. The number of rotatable bonds is 3. The Morgan fingerprint density at radius 1 is 1.44 bits per heavy atom. The Balaban J connectivity index is 1.81. The summed E-state index contributed by atoms with van der Waals surface area (Å²) in [6, 6.07) is 3.93. The largest absolute Gasteiger partial charge is 0.384 e. The molecule has 3 heterocycles. The van der Waals surface area contributed by atoms with Gasteiger partial charge in [0, 0.05) is 18.3 Å². The fourth-order valence-corrected chi connectivity index (χ4v) is 1.70. The number of hydrogen-bond donors (Lipinski definition) is 3. The Morgan fingerprint density at radius 2 is 2.33 bits per heavy atom. The van der Waals surface area contributed by atoms with Crippen molar-refractivity contribution in [3.63, 3.8) is 0 Å². The van der Waals surface area contributed by atoms with Crippen LogP contribution in [0.15, 0.2) is 24.5 Å². The van der Waals surface area contributed by atoms with E-state index < -0.39 is 0 Å². The zero-order valence-electron chi connectivity index (χ0n) is 9.88. The Bertz CT molecular complexity index is 682. The molecule has 0 aliphatic heterocycles. The van der Waals surface area contributed by atoms with E-state index in [-0.39, 0.29) is 0 Å². The summed E-state index contributed by atoms with van der Waals surface area (Å²) in [6.45, 7) is 2.55. The van der Waals surface area contributed by atoms with Crippen LogP contribution in [0.3, 0.4) is 0 Å². The molecule has 7 heteroatoms. The maximum atomic E-state index is 5.70. The summed E-state index contributed by atoms with van der Waals surface area (Å²) in [7, 11) is 0. The monoisotopic (exact) mass is 243 g/mol. The van der Waals surface area contributed by atoms with Crippen LogP contribution in [0.5, 0.6) is 0 Å². The van der Waals surface area contributed by atoms with Gasteiger partial charge in [-0.1, -0.05) is 6.07 Å². The van der Waals surface area contributed by atoms with E-state index in [0.29, 0.717) is 18.3 Å². The molecule has 0 atom stereocenters. The van der Waals surface area contributed by atoms with Crippen molar-refractivity contribution in [1.82, 2.24) is 24.8 Å². The highest BCUT2D eigenvalue weighted by atomic mass is 15.3. The highest BCUT2D eigenvalue weighted by Crippen LogP contribution is 2.10. The Hall–Kier alpha value is -2.57. The quantitative estimate of drug-likeness (QED) is 0.636. The molecule has 0 saturated heterocycles. The molecule has 0 aliphatic rings. The van der Waals surface area contributed by atoms with Crippen molar-refractivity contribution in [2.45, 2.75) is 13.5 Å². The number of nitrogens with zero attached hydrogens (tertiary/aromatic N) is 4. The average Bonchev–Trinajstić information content (AvgIpc) is 2.92. The fourth-order valence-electron chi connectivity index (χ4n) is 1.70. The highest BCUT2D eigenvalue weighted by Gasteiger charge is 2.05. The van der Waals surface area contributed by atoms with Gasteiger partial charge in [-0.2, -0.15) is 10.1 Å². The number of fused-ring (bicyclic) bond motifs is 1. The first-order valence-corrected chi connectivity index (χ1v) is 5.57. The predicted molar refractivity (Wildman–Crippen MR) is 68.1 cm³/mol. The third-order valence-electron chi connectivity index (χ3n) is 2.67. The van der Waals surface area contributed by atoms with Gasteiger partial charge in [-0.25, -0.2) is 4.52 Å². The summed E-state index contributed by atoms with van der Waals surface area (Å²) in [6.07, 6.45) is 3.61. The van der Waals surface area contributed by atoms with Crippen LogP contribution in [0.25, 0.3) is 5.65 Å². The van der Waals surface area contributed by atoms with Gasteiger partial charge in [-0.15, -0.1) is 5.10 Å². The Labute approximate surface area is 103 Å². The second-order valence-corrected chi connectivity index (χ2v) is 4.11. The zero-order valence-corrected chi connectivity index (χ0v) is 9.88. The minimum Gasteiger partial charge on any atom is -0.384 e. The van der Waals surface area contributed by atoms with Gasteiger partial charge in [-0.3, -0.25) is 5.10 Å². The zero-order chi connectivity index (χ0) is 12.5. The molecule has 0 amide bonds. The van der Waals surface area contributed by atoms with E-state index >= 15 is 0 Å². The molecule has 3 rings (SSSR count). The first-order valence-electron chi connectivity index (χ1n) is 5.57. The smallest absolute Gasteiger partial charge is 0.243 e. The topological polar surface area (TPSA) is 96.9 Å². The summed E-state index contributed by atoms with van der Waals surface area (Å²) in [5.74, 6) is 1.13. The standard InChI is InChI=1S/C11H13N7/c1-7-2-3-9-15-11(17-18(9)6-7)13-4-8-5-14-16-10(8)12/h2-3,5-6H,4H2,1H3,(H,13,17)(H3,12,14,16). The second kappa shape index (κ2) is 4.02. The maximum absolute atomic E-state index is 5.70. The summed E-state index contributed by atoms with van der Waals surface area (Å²) in [5, 5.41) is 14.0. The van der Waals surface area contributed by atoms with Crippen LogP contribution in [-0.2, 0) is 6.54 Å². The Morgan fingerprint density at radius 3 is 3.11 bits per heavy atom. The van der Waals surface area contributed by atoms with Crippen molar-refractivity contribution in [1.29, 1.82) is 0 Å². The molecule has 3 aromatic heterocycles. The molecule has 3 aromatic rings. The van der Waals surface area contributed by atoms with E-state index in [4.69, 9.17) is 5.73 Å². The third kappa shape index (κ3) is 1.86. The SMILES string of the molecule is Cc1ccc2nc(NCc3cn[nH]c3N)nn2c1. The van der Waals surface area contributed by atoms with Gasteiger partial charge in [0.25, 0.3) is 0 Å². The van der Waals surface area contributed by atoms with Crippen LogP contribution >= 0.6 is 0 Å². The number of aromatic amines is 1. The van der Waals surface area contributed by atoms with E-state index in [1.54, 1.807) is 10.7 Å². The van der Waals surface area contributed by atoms with Crippen LogP contribution in [0.4, 0.5) is 11.8 Å². The van der Waals surface area contributed by atoms with Crippen molar-refractivity contribution in [2.75, 3.05) is 11.1 Å². The lowest BCUT2D eigenvalue weighted by Crippen LogP contribution is -2.02. The minimum absolute atomic E-state index is 0.540. The molecule has 0 fully saturated rings. The van der Waals surface area contributed by atoms with Crippen molar-refractivity contribution in [3.05, 3.63) is 35.7 Å². The third-order valence-corrected chi connectivity index (χ3v) is 2.67. The molecule has 0 spiro atoms. The van der Waals surface area contributed by atoms with Gasteiger partial charge in [0.2, 0.25) is 5.95 Å². The lowest BCUT2D eigenvalue weighted by molar-refractivity contribution is 0.943. The summed E-state index contributed by atoms with van der Waals surface area (Å²) in [4.78, 5) is 4.35. The van der Waals surface area contributed by atoms with Crippen LogP contribution in [0.2, 0.25) is 0 Å². The van der Waals surface area contributed by atoms with E-state index in [1.165, 1.54) is 0 Å². The first kappa shape index (κ1) is 10.6. The van der Waals surface area contributed by atoms with Crippen LogP contribution in [0, 0.1) is 6.92 Å². The van der Waals surface area contributed by atoms with Gasteiger partial charge in [0.05, 0.1) is 6.20 Å². The molecule has 0 aliphatic carbocycles. The number of nitrogens with one attached hydrogen (secondary N) is 2. The van der Waals surface area contributed by atoms with Crippen molar-refractivity contribution < 1.29 is 0 Å². The molecule has 0 unspecified atom stereocenters. The second-order valence-electron chi connectivity index (χ2n) is 4.11. The van der Waals surface area contributed by atoms with E-state index in [2.05, 4.69) is 25.6 Å². The van der Waals surface area contributed by atoms with Crippen molar-refractivity contribution in [3.8, 4) is 0 Å². The van der Waals surface area contributed by atoms with Gasteiger partial charge in [-0.05, 0) is 18.6 Å². The van der Waals surface area contributed by atoms with Crippen LogP contribution < -0.4 is 11.1 Å². The number of H-pyrrole nitrogens is 1. The lowest BCUT2D eigenvalue weighted by Gasteiger charge is -1.98. The molecule has 0 aromatic carbocycles. The molecule has 0 saturated carbocycles. The summed E-state index contributed by atoms with van der Waals surface area (Å²) >= 11 is 0. The number of aryl methyl sites for hydroxylation is 1. The van der Waals surface area contributed by atoms with E-state index in [9.17, 15) is 0 Å².